The summed E-state index contributed by atoms with van der Waals surface area (Å²) in [6.45, 7) is 19.3. The van der Waals surface area contributed by atoms with Gasteiger partial charge in [0.25, 0.3) is 0 Å². The number of piperazine rings is 1. The monoisotopic (exact) mass is 403 g/mol. The number of hydrogen-bond acceptors (Lipinski definition) is 2. The first kappa shape index (κ1) is 22.1. The zero-order valence-corrected chi connectivity index (χ0v) is 19.4. The number of benzene rings is 2. The number of hydrogen-bond donors (Lipinski definition) is 0. The zero-order valence-electron chi connectivity index (χ0n) is 19.4. The Morgan fingerprint density at radius 2 is 1.77 bits per heavy atom. The predicted octanol–water partition coefficient (Wildman–Crippen LogP) is 6.64. The molecule has 0 saturated carbocycles. The third kappa shape index (κ3) is 5.33. The van der Waals surface area contributed by atoms with Crippen molar-refractivity contribution in [3.05, 3.63) is 71.3 Å². The van der Waals surface area contributed by atoms with E-state index in [2.05, 4.69) is 93.5 Å². The summed E-state index contributed by atoms with van der Waals surface area (Å²) in [5.74, 6) is 1.55. The molecule has 1 aliphatic heterocycles. The summed E-state index contributed by atoms with van der Waals surface area (Å²) in [5, 5.41) is 0. The van der Waals surface area contributed by atoms with E-state index in [1.165, 1.54) is 28.0 Å². The van der Waals surface area contributed by atoms with Crippen molar-refractivity contribution >= 4 is 17.2 Å². The fraction of sp³-hybridized carbons (Fsp3) is 0.444. The summed E-state index contributed by atoms with van der Waals surface area (Å²) in [5.41, 5.74) is 7.69. The average molecular weight is 404 g/mol. The van der Waals surface area contributed by atoms with Gasteiger partial charge in [-0.3, -0.25) is 0 Å². The first-order valence-electron chi connectivity index (χ1n) is 11.3. The summed E-state index contributed by atoms with van der Waals surface area (Å²) in [4.78, 5) is 10.1. The molecular weight excluding hydrogens is 366 g/mol. The van der Waals surface area contributed by atoms with E-state index in [1.807, 2.05) is 0 Å². The van der Waals surface area contributed by atoms with Gasteiger partial charge in [0.2, 0.25) is 0 Å². The topological polar surface area (TPSA) is 18.8 Å². The molecule has 3 heteroatoms. The second-order valence-electron chi connectivity index (χ2n) is 8.69. The molecule has 1 unspecified atom stereocenters. The van der Waals surface area contributed by atoms with Crippen LogP contribution in [0.2, 0.25) is 0 Å². The highest BCUT2D eigenvalue weighted by Crippen LogP contribution is 2.34. The molecule has 0 bridgehead atoms. The van der Waals surface area contributed by atoms with Crippen molar-refractivity contribution < 1.29 is 0 Å². The first-order chi connectivity index (χ1) is 14.4. The molecule has 0 spiro atoms. The molecule has 3 nitrogen and oxygen atoms in total. The Hall–Kier alpha value is -2.55. The Bertz CT molecular complexity index is 904. The number of aryl methyl sites for hydroxylation is 2. The highest BCUT2D eigenvalue weighted by atomic mass is 15.3. The van der Waals surface area contributed by atoms with Crippen LogP contribution in [0, 0.1) is 13.8 Å². The molecule has 1 fully saturated rings. The van der Waals surface area contributed by atoms with Gasteiger partial charge in [0.1, 0.15) is 5.84 Å². The second-order valence-corrected chi connectivity index (χ2v) is 8.69. The Balaban J connectivity index is 1.74. The van der Waals surface area contributed by atoms with Gasteiger partial charge in [0.15, 0.2) is 0 Å². The molecule has 0 N–H and O–H groups in total. The molecule has 30 heavy (non-hydrogen) atoms. The van der Waals surface area contributed by atoms with Crippen LogP contribution in [0.1, 0.15) is 56.2 Å². The lowest BCUT2D eigenvalue weighted by Gasteiger charge is -2.37. The van der Waals surface area contributed by atoms with Gasteiger partial charge < -0.3 is 9.80 Å². The summed E-state index contributed by atoms with van der Waals surface area (Å²) in [6, 6.07) is 15.4. The lowest BCUT2D eigenvalue weighted by atomic mass is 9.91. The van der Waals surface area contributed by atoms with E-state index in [0.29, 0.717) is 5.92 Å². The summed E-state index contributed by atoms with van der Waals surface area (Å²) >= 11 is 0. The van der Waals surface area contributed by atoms with Gasteiger partial charge in [-0.25, -0.2) is 4.99 Å². The molecule has 1 saturated heterocycles. The normalized spacial score (nSPS) is 16.0. The first-order valence-corrected chi connectivity index (χ1v) is 11.3. The van der Waals surface area contributed by atoms with Crippen molar-refractivity contribution in [2.45, 2.75) is 53.4 Å². The van der Waals surface area contributed by atoms with Crippen molar-refractivity contribution in [1.29, 1.82) is 0 Å². The number of para-hydroxylation sites is 1. The quantitative estimate of drug-likeness (QED) is 0.306. The standard InChI is InChI=1S/C27H37N3/c1-7-20(2)18-23(5)26-13-9-11-22(4)27(26)28-24(6)29-14-16-30(17-15-29)25-12-8-10-21(3)19-25/h8-13,19,23H,2,7,14-18H2,1,3-6H3. The van der Waals surface area contributed by atoms with Crippen molar-refractivity contribution in [2.75, 3.05) is 31.1 Å². The Morgan fingerprint density at radius 1 is 1.07 bits per heavy atom. The van der Waals surface area contributed by atoms with Crippen LogP contribution < -0.4 is 4.90 Å². The molecule has 0 aliphatic carbocycles. The smallest absolute Gasteiger partial charge is 0.102 e. The van der Waals surface area contributed by atoms with Crippen molar-refractivity contribution in [2.24, 2.45) is 4.99 Å². The van der Waals surface area contributed by atoms with Gasteiger partial charge >= 0.3 is 0 Å². The molecule has 0 amide bonds. The lowest BCUT2D eigenvalue weighted by Crippen LogP contribution is -2.48. The number of anilines is 1. The minimum absolute atomic E-state index is 0.432. The van der Waals surface area contributed by atoms with Gasteiger partial charge in [-0.1, -0.05) is 56.3 Å². The van der Waals surface area contributed by atoms with Gasteiger partial charge in [0, 0.05) is 31.9 Å². The Morgan fingerprint density at radius 3 is 2.43 bits per heavy atom. The Labute approximate surface area is 183 Å². The van der Waals surface area contributed by atoms with Gasteiger partial charge in [-0.2, -0.15) is 0 Å². The molecule has 1 heterocycles. The van der Waals surface area contributed by atoms with Crippen LogP contribution in [0.5, 0.6) is 0 Å². The minimum Gasteiger partial charge on any atom is -0.368 e. The van der Waals surface area contributed by atoms with E-state index in [-0.39, 0.29) is 0 Å². The van der Waals surface area contributed by atoms with E-state index < -0.39 is 0 Å². The van der Waals surface area contributed by atoms with Gasteiger partial charge in [-0.05, 0) is 68.4 Å². The van der Waals surface area contributed by atoms with Crippen LogP contribution in [0.25, 0.3) is 0 Å². The zero-order chi connectivity index (χ0) is 21.7. The van der Waals surface area contributed by atoms with E-state index in [9.17, 15) is 0 Å². The second kappa shape index (κ2) is 9.97. The maximum Gasteiger partial charge on any atom is 0.102 e. The van der Waals surface area contributed by atoms with Crippen LogP contribution in [-0.2, 0) is 0 Å². The van der Waals surface area contributed by atoms with E-state index >= 15 is 0 Å². The highest BCUT2D eigenvalue weighted by molar-refractivity contribution is 5.84. The van der Waals surface area contributed by atoms with E-state index in [4.69, 9.17) is 4.99 Å². The van der Waals surface area contributed by atoms with Crippen LogP contribution in [0.15, 0.2) is 59.6 Å². The molecule has 1 aliphatic rings. The highest BCUT2D eigenvalue weighted by Gasteiger charge is 2.19. The third-order valence-electron chi connectivity index (χ3n) is 6.27. The maximum absolute atomic E-state index is 5.14. The SMILES string of the molecule is C=C(CC)CC(C)c1cccc(C)c1N=C(C)N1CCN(c2cccc(C)c2)CC1. The van der Waals surface area contributed by atoms with Crippen LogP contribution in [0.3, 0.4) is 0 Å². The Kier molecular flexibility index (Phi) is 7.36. The molecule has 0 aromatic heterocycles. The summed E-state index contributed by atoms with van der Waals surface area (Å²) in [7, 11) is 0. The van der Waals surface area contributed by atoms with Gasteiger partial charge in [0.05, 0.1) is 5.69 Å². The number of aliphatic imine (C=N–C) groups is 1. The van der Waals surface area contributed by atoms with Crippen molar-refractivity contribution in [3.8, 4) is 0 Å². The minimum atomic E-state index is 0.432. The fourth-order valence-electron chi connectivity index (χ4n) is 4.26. The van der Waals surface area contributed by atoms with Crippen LogP contribution in [-0.4, -0.2) is 36.9 Å². The maximum atomic E-state index is 5.14. The molecule has 0 radical (unpaired) electrons. The molecule has 160 valence electrons. The molecular formula is C27H37N3. The molecule has 2 aromatic rings. The number of rotatable bonds is 6. The molecule has 3 rings (SSSR count). The summed E-state index contributed by atoms with van der Waals surface area (Å²) < 4.78 is 0. The molecule has 1 atom stereocenters. The third-order valence-corrected chi connectivity index (χ3v) is 6.27. The lowest BCUT2D eigenvalue weighted by molar-refractivity contribution is 0.384. The molecule has 2 aromatic carbocycles. The number of allylic oxidation sites excluding steroid dienone is 1. The largest absolute Gasteiger partial charge is 0.368 e. The van der Waals surface area contributed by atoms with E-state index in [1.54, 1.807) is 0 Å². The van der Waals surface area contributed by atoms with Crippen molar-refractivity contribution in [3.63, 3.8) is 0 Å². The predicted molar refractivity (Wildman–Crippen MR) is 131 cm³/mol. The van der Waals surface area contributed by atoms with Crippen LogP contribution in [0.4, 0.5) is 11.4 Å². The van der Waals surface area contributed by atoms with Crippen molar-refractivity contribution in [1.82, 2.24) is 4.90 Å². The van der Waals surface area contributed by atoms with Crippen LogP contribution >= 0.6 is 0 Å². The summed E-state index contributed by atoms with van der Waals surface area (Å²) in [6.07, 6.45) is 2.07. The van der Waals surface area contributed by atoms with E-state index in [0.717, 1.165) is 50.5 Å². The average Bonchev–Trinajstić information content (AvgIpc) is 2.75. The number of nitrogens with zero attached hydrogens (tertiary/aromatic N) is 3. The fourth-order valence-corrected chi connectivity index (χ4v) is 4.26. The number of amidine groups is 1. The van der Waals surface area contributed by atoms with Gasteiger partial charge in [-0.15, -0.1) is 0 Å².